The summed E-state index contributed by atoms with van der Waals surface area (Å²) in [4.78, 5) is 35.8. The van der Waals surface area contributed by atoms with Crippen molar-refractivity contribution in [3.63, 3.8) is 0 Å². The van der Waals surface area contributed by atoms with Gasteiger partial charge in [0, 0.05) is 11.6 Å². The van der Waals surface area contributed by atoms with Crippen LogP contribution in [0, 0.1) is 11.6 Å². The van der Waals surface area contributed by atoms with Crippen LogP contribution in [0.25, 0.3) is 0 Å². The summed E-state index contributed by atoms with van der Waals surface area (Å²) in [5, 5.41) is 2.76. The van der Waals surface area contributed by atoms with E-state index in [4.69, 9.17) is 0 Å². The van der Waals surface area contributed by atoms with E-state index in [0.29, 0.717) is 29.2 Å². The number of halogens is 2. The van der Waals surface area contributed by atoms with Crippen LogP contribution in [0.3, 0.4) is 0 Å². The lowest BCUT2D eigenvalue weighted by molar-refractivity contribution is -0.124. The molecule has 6 nitrogen and oxygen atoms in total. The summed E-state index contributed by atoms with van der Waals surface area (Å²) >= 11 is 1.06. The second-order valence-corrected chi connectivity index (χ2v) is 7.75. The van der Waals surface area contributed by atoms with Crippen LogP contribution in [-0.4, -0.2) is 39.5 Å². The predicted molar refractivity (Wildman–Crippen MR) is 113 cm³/mol. The molecule has 2 aromatic rings. The molecule has 0 bridgehead atoms. The first-order valence-electron chi connectivity index (χ1n) is 9.45. The van der Waals surface area contributed by atoms with E-state index in [0.717, 1.165) is 35.9 Å². The van der Waals surface area contributed by atoms with Gasteiger partial charge in [0.1, 0.15) is 23.5 Å². The summed E-state index contributed by atoms with van der Waals surface area (Å²) in [6.45, 7) is 1.99. The monoisotopic (exact) mass is 428 g/mol. The third-order valence-corrected chi connectivity index (χ3v) is 5.59. The minimum atomic E-state index is -0.858. The molecule has 2 aliphatic heterocycles. The maximum absolute atomic E-state index is 13.8. The Hall–Kier alpha value is -3.07. The van der Waals surface area contributed by atoms with E-state index >= 15 is 0 Å². The van der Waals surface area contributed by atoms with E-state index in [9.17, 15) is 18.4 Å². The van der Waals surface area contributed by atoms with Crippen LogP contribution in [-0.2, 0) is 9.59 Å². The Morgan fingerprint density at radius 2 is 2.03 bits per heavy atom. The highest BCUT2D eigenvalue weighted by Gasteiger charge is 2.40. The molecule has 0 fully saturated rings. The molecule has 30 heavy (non-hydrogen) atoms. The van der Waals surface area contributed by atoms with Crippen molar-refractivity contribution in [1.82, 2.24) is 4.90 Å². The van der Waals surface area contributed by atoms with Crippen LogP contribution < -0.4 is 5.32 Å². The zero-order valence-electron chi connectivity index (χ0n) is 16.1. The zero-order valence-corrected chi connectivity index (χ0v) is 16.9. The zero-order chi connectivity index (χ0) is 21.3. The van der Waals surface area contributed by atoms with Gasteiger partial charge in [-0.1, -0.05) is 37.2 Å². The standard InChI is InChI=1S/C21H18F2N4O2S/c1-2-5-17-20(29)27-19(25-17)13-6-3-4-7-15(13)26-21(27)30-11-18(28)24-16-9-8-12(22)10-14(16)23/h3-4,6-10,17H,2,5,11H2,1H3,(H,24,28)/t17-/m0/s1. The molecular formula is C21H18F2N4O2S. The molecule has 0 saturated carbocycles. The number of aliphatic imine (C=N–C) groups is 2. The first kappa shape index (κ1) is 20.2. The Morgan fingerprint density at radius 1 is 1.23 bits per heavy atom. The summed E-state index contributed by atoms with van der Waals surface area (Å²) in [6, 6.07) is 9.83. The quantitative estimate of drug-likeness (QED) is 0.779. The van der Waals surface area contributed by atoms with Crippen molar-refractivity contribution in [2.45, 2.75) is 25.8 Å². The molecule has 4 rings (SSSR count). The number of benzene rings is 2. The van der Waals surface area contributed by atoms with Crippen molar-refractivity contribution in [3.05, 3.63) is 59.7 Å². The number of amidine groups is 2. The number of hydrogen-bond acceptors (Lipinski definition) is 5. The van der Waals surface area contributed by atoms with Gasteiger partial charge >= 0.3 is 0 Å². The van der Waals surface area contributed by atoms with Gasteiger partial charge in [-0.2, -0.15) is 0 Å². The fraction of sp³-hybridized carbons (Fsp3) is 0.238. The van der Waals surface area contributed by atoms with Gasteiger partial charge in [-0.3, -0.25) is 14.6 Å². The van der Waals surface area contributed by atoms with Gasteiger partial charge < -0.3 is 5.32 Å². The van der Waals surface area contributed by atoms with Crippen molar-refractivity contribution in [2.75, 3.05) is 11.1 Å². The molecule has 0 radical (unpaired) electrons. The van der Waals surface area contributed by atoms with Crippen LogP contribution in [0.15, 0.2) is 52.4 Å². The largest absolute Gasteiger partial charge is 0.323 e. The van der Waals surface area contributed by atoms with Crippen molar-refractivity contribution in [2.24, 2.45) is 9.98 Å². The van der Waals surface area contributed by atoms with E-state index in [1.165, 1.54) is 4.90 Å². The number of rotatable bonds is 5. The molecule has 2 aliphatic rings. The number of nitrogens with one attached hydrogen (secondary N) is 1. The lowest BCUT2D eigenvalue weighted by atomic mass is 10.1. The first-order valence-corrected chi connectivity index (χ1v) is 10.4. The lowest BCUT2D eigenvalue weighted by Gasteiger charge is -2.25. The summed E-state index contributed by atoms with van der Waals surface area (Å²) in [5.74, 6) is -1.82. The van der Waals surface area contributed by atoms with E-state index in [-0.39, 0.29) is 17.3 Å². The lowest BCUT2D eigenvalue weighted by Crippen LogP contribution is -2.41. The van der Waals surface area contributed by atoms with Crippen molar-refractivity contribution >= 4 is 46.0 Å². The summed E-state index contributed by atoms with van der Waals surface area (Å²) < 4.78 is 26.8. The number of amides is 2. The molecule has 0 aliphatic carbocycles. The summed E-state index contributed by atoms with van der Waals surface area (Å²) in [7, 11) is 0. The van der Waals surface area contributed by atoms with Gasteiger partial charge in [0.05, 0.1) is 17.1 Å². The molecule has 2 amide bonds. The molecule has 1 N–H and O–H groups in total. The molecule has 0 unspecified atom stereocenters. The SMILES string of the molecule is CCC[C@@H]1N=C2c3ccccc3N=C(SCC(=O)Nc3ccc(F)cc3F)N2C1=O. The molecule has 154 valence electrons. The van der Waals surface area contributed by atoms with Crippen LogP contribution in [0.1, 0.15) is 25.3 Å². The third-order valence-electron chi connectivity index (χ3n) is 4.65. The second-order valence-electron chi connectivity index (χ2n) is 6.80. The Balaban J connectivity index is 1.53. The Labute approximate surface area is 176 Å². The predicted octanol–water partition coefficient (Wildman–Crippen LogP) is 4.10. The fourth-order valence-corrected chi connectivity index (χ4v) is 4.07. The maximum atomic E-state index is 13.8. The molecule has 0 saturated heterocycles. The molecule has 0 spiro atoms. The summed E-state index contributed by atoms with van der Waals surface area (Å²) in [5.41, 5.74) is 1.33. The first-order chi connectivity index (χ1) is 14.5. The smallest absolute Gasteiger partial charge is 0.259 e. The van der Waals surface area contributed by atoms with Crippen LogP contribution in [0.4, 0.5) is 20.2 Å². The topological polar surface area (TPSA) is 74.1 Å². The molecule has 0 aromatic heterocycles. The second kappa shape index (κ2) is 8.35. The van der Waals surface area contributed by atoms with E-state index < -0.39 is 23.6 Å². The number of fused-ring (bicyclic) bond motifs is 3. The molecule has 2 heterocycles. The minimum absolute atomic E-state index is 0.104. The highest BCUT2D eigenvalue weighted by atomic mass is 32.2. The van der Waals surface area contributed by atoms with Gasteiger partial charge in [-0.25, -0.2) is 18.7 Å². The number of hydrogen-bond donors (Lipinski definition) is 1. The van der Waals surface area contributed by atoms with Gasteiger partial charge in [-0.05, 0) is 30.7 Å². The van der Waals surface area contributed by atoms with E-state index in [1.807, 2.05) is 31.2 Å². The number of carbonyl (C=O) groups is 2. The molecule has 9 heteroatoms. The number of carbonyl (C=O) groups excluding carboxylic acids is 2. The molecular weight excluding hydrogens is 410 g/mol. The van der Waals surface area contributed by atoms with Crippen LogP contribution in [0.5, 0.6) is 0 Å². The van der Waals surface area contributed by atoms with Gasteiger partial charge in [-0.15, -0.1) is 0 Å². The fourth-order valence-electron chi connectivity index (χ4n) is 3.27. The number of thioether (sulfide) groups is 1. The third kappa shape index (κ3) is 3.85. The Kier molecular flexibility index (Phi) is 5.63. The van der Waals surface area contributed by atoms with Gasteiger partial charge in [0.2, 0.25) is 5.91 Å². The van der Waals surface area contributed by atoms with Crippen LogP contribution >= 0.6 is 11.8 Å². The van der Waals surface area contributed by atoms with Gasteiger partial charge in [0.25, 0.3) is 5.91 Å². The Morgan fingerprint density at radius 3 is 2.80 bits per heavy atom. The Bertz CT molecular complexity index is 1090. The maximum Gasteiger partial charge on any atom is 0.259 e. The average molecular weight is 428 g/mol. The molecule has 2 aromatic carbocycles. The normalized spacial score (nSPS) is 17.2. The van der Waals surface area contributed by atoms with Gasteiger partial charge in [0.15, 0.2) is 5.17 Å². The van der Waals surface area contributed by atoms with E-state index in [2.05, 4.69) is 15.3 Å². The number of anilines is 1. The van der Waals surface area contributed by atoms with Crippen molar-refractivity contribution < 1.29 is 18.4 Å². The highest BCUT2D eigenvalue weighted by Crippen LogP contribution is 2.34. The number of nitrogens with zero attached hydrogens (tertiary/aromatic N) is 3. The van der Waals surface area contributed by atoms with Crippen molar-refractivity contribution in [3.8, 4) is 0 Å². The van der Waals surface area contributed by atoms with Crippen molar-refractivity contribution in [1.29, 1.82) is 0 Å². The number of para-hydroxylation sites is 1. The highest BCUT2D eigenvalue weighted by molar-refractivity contribution is 8.14. The molecule has 1 atom stereocenters. The van der Waals surface area contributed by atoms with Crippen LogP contribution in [0.2, 0.25) is 0 Å². The summed E-state index contributed by atoms with van der Waals surface area (Å²) in [6.07, 6.45) is 1.44. The average Bonchev–Trinajstić information content (AvgIpc) is 3.05. The van der Waals surface area contributed by atoms with E-state index in [1.54, 1.807) is 0 Å². The minimum Gasteiger partial charge on any atom is -0.323 e.